The summed E-state index contributed by atoms with van der Waals surface area (Å²) in [7, 11) is 1.55. The molecular weight excluding hydrogens is 244 g/mol. The lowest BCUT2D eigenvalue weighted by Gasteiger charge is -2.43. The molecule has 0 aromatic heterocycles. The zero-order chi connectivity index (χ0) is 13.7. The Morgan fingerprint density at radius 2 is 2.00 bits per heavy atom. The molecule has 19 heavy (non-hydrogen) atoms. The molecule has 0 heterocycles. The molecule has 4 nitrogen and oxygen atoms in total. The smallest absolute Gasteiger partial charge is 0.338 e. The zero-order valence-electron chi connectivity index (χ0n) is 11.4. The molecule has 0 amide bonds. The largest absolute Gasteiger partial charge is 0.464 e. The normalized spacial score (nSPS) is 25.7. The number of carbonyl (C=O) groups is 1. The van der Waals surface area contributed by atoms with Crippen LogP contribution in [-0.4, -0.2) is 31.4 Å². The van der Waals surface area contributed by atoms with Crippen molar-refractivity contribution >= 4 is 5.97 Å². The van der Waals surface area contributed by atoms with Gasteiger partial charge in [0, 0.05) is 20.0 Å². The van der Waals surface area contributed by atoms with Crippen LogP contribution in [0.5, 0.6) is 0 Å². The third-order valence-corrected chi connectivity index (χ3v) is 3.48. The van der Waals surface area contributed by atoms with E-state index in [1.54, 1.807) is 14.0 Å². The lowest BCUT2D eigenvalue weighted by atomic mass is 9.77. The second-order valence-corrected chi connectivity index (χ2v) is 4.75. The van der Waals surface area contributed by atoms with Crippen molar-refractivity contribution in [2.45, 2.75) is 38.1 Å². The van der Waals surface area contributed by atoms with Gasteiger partial charge in [0.15, 0.2) is 5.60 Å². The van der Waals surface area contributed by atoms with Crippen molar-refractivity contribution in [2.24, 2.45) is 0 Å². The van der Waals surface area contributed by atoms with Crippen molar-refractivity contribution in [2.75, 3.05) is 13.7 Å². The molecule has 0 saturated heterocycles. The summed E-state index contributed by atoms with van der Waals surface area (Å²) in [4.78, 5) is 11.8. The first kappa shape index (κ1) is 14.0. The highest BCUT2D eigenvalue weighted by atomic mass is 16.6. The maximum atomic E-state index is 11.8. The van der Waals surface area contributed by atoms with Crippen LogP contribution in [0, 0.1) is 0 Å². The predicted octanol–water partition coefficient (Wildman–Crippen LogP) is 2.31. The first-order valence-corrected chi connectivity index (χ1v) is 6.58. The van der Waals surface area contributed by atoms with Gasteiger partial charge in [0.1, 0.15) is 0 Å². The minimum Gasteiger partial charge on any atom is -0.464 e. The van der Waals surface area contributed by atoms with Gasteiger partial charge < -0.3 is 14.2 Å². The number of carbonyl (C=O) groups excluding carboxylic acids is 1. The van der Waals surface area contributed by atoms with Crippen LogP contribution in [0.1, 0.15) is 25.3 Å². The van der Waals surface area contributed by atoms with Crippen LogP contribution in [0.2, 0.25) is 0 Å². The van der Waals surface area contributed by atoms with E-state index in [4.69, 9.17) is 14.2 Å². The van der Waals surface area contributed by atoms with E-state index < -0.39 is 5.60 Å². The van der Waals surface area contributed by atoms with Gasteiger partial charge in [-0.1, -0.05) is 30.3 Å². The fourth-order valence-electron chi connectivity index (χ4n) is 2.26. The summed E-state index contributed by atoms with van der Waals surface area (Å²) in [6.45, 7) is 2.73. The van der Waals surface area contributed by atoms with E-state index in [0.717, 1.165) is 5.56 Å². The van der Waals surface area contributed by atoms with E-state index >= 15 is 0 Å². The van der Waals surface area contributed by atoms with Crippen molar-refractivity contribution in [1.29, 1.82) is 0 Å². The molecule has 0 N–H and O–H groups in total. The molecule has 1 aromatic carbocycles. The maximum absolute atomic E-state index is 11.8. The topological polar surface area (TPSA) is 44.8 Å². The number of ether oxygens (including phenoxy) is 3. The van der Waals surface area contributed by atoms with Gasteiger partial charge in [-0.2, -0.15) is 0 Å². The minimum absolute atomic E-state index is 0.0598. The number of methoxy groups -OCH3 is 1. The first-order valence-electron chi connectivity index (χ1n) is 6.58. The van der Waals surface area contributed by atoms with Crippen LogP contribution in [-0.2, 0) is 25.6 Å². The average molecular weight is 264 g/mol. The lowest BCUT2D eigenvalue weighted by molar-refractivity contribution is -0.202. The van der Waals surface area contributed by atoms with E-state index in [9.17, 15) is 4.79 Å². The van der Waals surface area contributed by atoms with E-state index in [2.05, 4.69) is 0 Å². The third kappa shape index (κ3) is 3.14. The van der Waals surface area contributed by atoms with Crippen LogP contribution >= 0.6 is 0 Å². The molecule has 1 aliphatic carbocycles. The highest BCUT2D eigenvalue weighted by molar-refractivity contribution is 5.81. The summed E-state index contributed by atoms with van der Waals surface area (Å²) < 4.78 is 16.1. The summed E-state index contributed by atoms with van der Waals surface area (Å²) in [6, 6.07) is 9.99. The van der Waals surface area contributed by atoms with Gasteiger partial charge in [-0.25, -0.2) is 4.79 Å². The summed E-state index contributed by atoms with van der Waals surface area (Å²) in [5, 5.41) is 0. The van der Waals surface area contributed by atoms with E-state index in [1.807, 2.05) is 30.3 Å². The highest BCUT2D eigenvalue weighted by Crippen LogP contribution is 2.39. The van der Waals surface area contributed by atoms with Gasteiger partial charge in [-0.05, 0) is 12.5 Å². The summed E-state index contributed by atoms with van der Waals surface area (Å²) >= 11 is 0. The van der Waals surface area contributed by atoms with Crippen molar-refractivity contribution < 1.29 is 19.0 Å². The van der Waals surface area contributed by atoms with Gasteiger partial charge in [0.25, 0.3) is 0 Å². The van der Waals surface area contributed by atoms with Gasteiger partial charge in [-0.3, -0.25) is 0 Å². The Labute approximate surface area is 113 Å². The molecule has 0 bridgehead atoms. The van der Waals surface area contributed by atoms with E-state index in [0.29, 0.717) is 26.1 Å². The van der Waals surface area contributed by atoms with Crippen molar-refractivity contribution in [3.8, 4) is 0 Å². The molecule has 4 heteroatoms. The predicted molar refractivity (Wildman–Crippen MR) is 70.6 cm³/mol. The SMILES string of the molecule is CCOC(=O)C1(OC)CC(OCc2ccccc2)C1. The van der Waals surface area contributed by atoms with Crippen molar-refractivity contribution in [3.05, 3.63) is 35.9 Å². The number of rotatable bonds is 6. The standard InChI is InChI=1S/C15H20O4/c1-3-18-14(16)15(17-2)9-13(10-15)19-11-12-7-5-4-6-8-12/h4-8,13H,3,9-11H2,1-2H3. The maximum Gasteiger partial charge on any atom is 0.338 e. The number of hydrogen-bond donors (Lipinski definition) is 0. The Hall–Kier alpha value is -1.39. The Morgan fingerprint density at radius 1 is 1.32 bits per heavy atom. The molecule has 0 spiro atoms. The Kier molecular flexibility index (Phi) is 4.56. The fraction of sp³-hybridized carbons (Fsp3) is 0.533. The molecular formula is C15H20O4. The third-order valence-electron chi connectivity index (χ3n) is 3.48. The summed E-state index contributed by atoms with van der Waals surface area (Å²) in [6.07, 6.45) is 1.19. The van der Waals surface area contributed by atoms with Crippen molar-refractivity contribution in [3.63, 3.8) is 0 Å². The molecule has 1 aromatic rings. The van der Waals surface area contributed by atoms with Crippen LogP contribution in [0.4, 0.5) is 0 Å². The molecule has 1 saturated carbocycles. The quantitative estimate of drug-likeness (QED) is 0.740. The molecule has 0 aliphatic heterocycles. The zero-order valence-corrected chi connectivity index (χ0v) is 11.4. The molecule has 2 rings (SSSR count). The number of esters is 1. The summed E-state index contributed by atoms with van der Waals surface area (Å²) in [5.74, 6) is -0.280. The Balaban J connectivity index is 1.80. The van der Waals surface area contributed by atoms with Crippen LogP contribution in [0.3, 0.4) is 0 Å². The second-order valence-electron chi connectivity index (χ2n) is 4.75. The van der Waals surface area contributed by atoms with Crippen LogP contribution in [0.15, 0.2) is 30.3 Å². The van der Waals surface area contributed by atoms with Gasteiger partial charge in [-0.15, -0.1) is 0 Å². The Bertz CT molecular complexity index is 409. The molecule has 0 radical (unpaired) electrons. The van der Waals surface area contributed by atoms with E-state index in [-0.39, 0.29) is 12.1 Å². The van der Waals surface area contributed by atoms with Gasteiger partial charge in [0.2, 0.25) is 0 Å². The van der Waals surface area contributed by atoms with Gasteiger partial charge >= 0.3 is 5.97 Å². The molecule has 0 unspecified atom stereocenters. The van der Waals surface area contributed by atoms with E-state index in [1.165, 1.54) is 0 Å². The molecule has 104 valence electrons. The first-order chi connectivity index (χ1) is 9.20. The monoisotopic (exact) mass is 264 g/mol. The molecule has 1 aliphatic rings. The number of benzene rings is 1. The minimum atomic E-state index is -0.794. The molecule has 0 atom stereocenters. The molecule has 1 fully saturated rings. The Morgan fingerprint density at radius 3 is 2.58 bits per heavy atom. The van der Waals surface area contributed by atoms with Crippen LogP contribution < -0.4 is 0 Å². The van der Waals surface area contributed by atoms with Crippen LogP contribution in [0.25, 0.3) is 0 Å². The lowest BCUT2D eigenvalue weighted by Crippen LogP contribution is -2.56. The average Bonchev–Trinajstić information content (AvgIpc) is 2.39. The summed E-state index contributed by atoms with van der Waals surface area (Å²) in [5.41, 5.74) is 0.339. The van der Waals surface area contributed by atoms with Gasteiger partial charge in [0.05, 0.1) is 19.3 Å². The fourth-order valence-corrected chi connectivity index (χ4v) is 2.26. The van der Waals surface area contributed by atoms with Crippen molar-refractivity contribution in [1.82, 2.24) is 0 Å². The second kappa shape index (κ2) is 6.17. The number of hydrogen-bond acceptors (Lipinski definition) is 4. The highest BCUT2D eigenvalue weighted by Gasteiger charge is 2.52.